The molecule has 1 saturated heterocycles. The molecule has 0 aromatic heterocycles. The highest BCUT2D eigenvalue weighted by Crippen LogP contribution is 2.22. The molecule has 1 atom stereocenters. The molecule has 0 amide bonds. The van der Waals surface area contributed by atoms with E-state index in [0.29, 0.717) is 5.92 Å². The van der Waals surface area contributed by atoms with Crippen LogP contribution >= 0.6 is 0 Å². The van der Waals surface area contributed by atoms with Crippen molar-refractivity contribution < 1.29 is 9.57 Å². The van der Waals surface area contributed by atoms with E-state index in [1.165, 1.54) is 12.0 Å². The van der Waals surface area contributed by atoms with Crippen molar-refractivity contribution in [2.45, 2.75) is 45.3 Å². The van der Waals surface area contributed by atoms with Crippen LogP contribution in [0.25, 0.3) is 0 Å². The summed E-state index contributed by atoms with van der Waals surface area (Å²) in [5.41, 5.74) is 1.30. The lowest BCUT2D eigenvalue weighted by atomic mass is 10.0. The predicted octanol–water partition coefficient (Wildman–Crippen LogP) is 3.56. The van der Waals surface area contributed by atoms with Crippen LogP contribution in [-0.4, -0.2) is 24.9 Å². The Kier molecular flexibility index (Phi) is 4.61. The fourth-order valence-corrected chi connectivity index (χ4v) is 2.17. The van der Waals surface area contributed by atoms with Gasteiger partial charge in [0.05, 0.1) is 0 Å². The molecule has 1 aliphatic rings. The Hall–Kier alpha value is -1.06. The van der Waals surface area contributed by atoms with E-state index in [0.717, 1.165) is 25.2 Å². The third-order valence-electron chi connectivity index (χ3n) is 3.34. The number of nitrogens with zero attached hydrogens (tertiary/aromatic N) is 1. The highest BCUT2D eigenvalue weighted by molar-refractivity contribution is 5.30. The number of hydrogen-bond acceptors (Lipinski definition) is 3. The quantitative estimate of drug-likeness (QED) is 0.762. The minimum absolute atomic E-state index is 0.0847. The first-order chi connectivity index (χ1) is 8.66. The third-order valence-corrected chi connectivity index (χ3v) is 3.34. The SMILES string of the molecule is CC(C)c1cccc(ON(C)C2CCCCO2)c1. The summed E-state index contributed by atoms with van der Waals surface area (Å²) in [6.45, 7) is 5.21. The van der Waals surface area contributed by atoms with Crippen molar-refractivity contribution in [3.63, 3.8) is 0 Å². The van der Waals surface area contributed by atoms with Crippen molar-refractivity contribution in [2.24, 2.45) is 0 Å². The number of hydrogen-bond donors (Lipinski definition) is 0. The maximum absolute atomic E-state index is 5.85. The fraction of sp³-hybridized carbons (Fsp3) is 0.600. The molecular formula is C15H23NO2. The minimum Gasteiger partial charge on any atom is -0.404 e. The topological polar surface area (TPSA) is 21.7 Å². The number of hydroxylamine groups is 2. The van der Waals surface area contributed by atoms with E-state index in [1.54, 1.807) is 0 Å². The van der Waals surface area contributed by atoms with Gasteiger partial charge in [-0.2, -0.15) is 0 Å². The highest BCUT2D eigenvalue weighted by atomic mass is 16.7. The molecule has 1 unspecified atom stereocenters. The number of rotatable bonds is 4. The van der Waals surface area contributed by atoms with Gasteiger partial charge in [-0.25, -0.2) is 0 Å². The van der Waals surface area contributed by atoms with Gasteiger partial charge in [-0.05, 0) is 42.9 Å². The summed E-state index contributed by atoms with van der Waals surface area (Å²) in [6.07, 6.45) is 3.50. The second-order valence-corrected chi connectivity index (χ2v) is 5.19. The third kappa shape index (κ3) is 3.47. The van der Waals surface area contributed by atoms with Gasteiger partial charge < -0.3 is 9.57 Å². The fourth-order valence-electron chi connectivity index (χ4n) is 2.17. The Balaban J connectivity index is 1.97. The van der Waals surface area contributed by atoms with Crippen LogP contribution in [0.5, 0.6) is 5.75 Å². The van der Waals surface area contributed by atoms with Crippen LogP contribution < -0.4 is 4.84 Å². The van der Waals surface area contributed by atoms with Crippen molar-refractivity contribution in [3.8, 4) is 5.75 Å². The van der Waals surface area contributed by atoms with Gasteiger partial charge >= 0.3 is 0 Å². The molecule has 0 bridgehead atoms. The molecule has 100 valence electrons. The average molecular weight is 249 g/mol. The monoisotopic (exact) mass is 249 g/mol. The molecule has 18 heavy (non-hydrogen) atoms. The van der Waals surface area contributed by atoms with Gasteiger partial charge in [-0.1, -0.05) is 26.0 Å². The molecule has 1 heterocycles. The average Bonchev–Trinajstić information content (AvgIpc) is 2.40. The predicted molar refractivity (Wildman–Crippen MR) is 72.5 cm³/mol. The second-order valence-electron chi connectivity index (χ2n) is 5.19. The molecule has 0 aliphatic carbocycles. The van der Waals surface area contributed by atoms with E-state index < -0.39 is 0 Å². The molecule has 3 heteroatoms. The molecule has 1 aliphatic heterocycles. The van der Waals surface area contributed by atoms with Crippen molar-refractivity contribution in [1.29, 1.82) is 0 Å². The van der Waals surface area contributed by atoms with E-state index in [9.17, 15) is 0 Å². The van der Waals surface area contributed by atoms with Crippen LogP contribution in [0.3, 0.4) is 0 Å². The Bertz CT molecular complexity index is 373. The van der Waals surface area contributed by atoms with Crippen LogP contribution in [0.1, 0.15) is 44.6 Å². The molecular weight excluding hydrogens is 226 g/mol. The molecule has 2 rings (SSSR count). The lowest BCUT2D eigenvalue weighted by Gasteiger charge is -2.30. The van der Waals surface area contributed by atoms with E-state index in [-0.39, 0.29) is 6.23 Å². The van der Waals surface area contributed by atoms with Crippen LogP contribution in [0.15, 0.2) is 24.3 Å². The van der Waals surface area contributed by atoms with Gasteiger partial charge in [0.1, 0.15) is 12.0 Å². The zero-order valence-electron chi connectivity index (χ0n) is 11.6. The van der Waals surface area contributed by atoms with Crippen molar-refractivity contribution in [2.75, 3.05) is 13.7 Å². The molecule has 1 aromatic rings. The number of ether oxygens (including phenoxy) is 1. The molecule has 0 N–H and O–H groups in total. The normalized spacial score (nSPS) is 20.4. The van der Waals surface area contributed by atoms with Crippen molar-refractivity contribution >= 4 is 0 Å². The molecule has 3 nitrogen and oxygen atoms in total. The standard InChI is InChI=1S/C15H23NO2/c1-12(2)13-7-6-8-14(11-13)18-16(3)15-9-4-5-10-17-15/h6-8,11-12,15H,4-5,9-10H2,1-3H3. The smallest absolute Gasteiger partial charge is 0.147 e. The Morgan fingerprint density at radius 3 is 2.83 bits per heavy atom. The summed E-state index contributed by atoms with van der Waals surface area (Å²) < 4.78 is 5.69. The van der Waals surface area contributed by atoms with Gasteiger partial charge in [0.15, 0.2) is 0 Å². The minimum atomic E-state index is 0.0847. The zero-order valence-corrected chi connectivity index (χ0v) is 11.6. The second kappa shape index (κ2) is 6.21. The maximum Gasteiger partial charge on any atom is 0.147 e. The first kappa shape index (κ1) is 13.4. The van der Waals surface area contributed by atoms with Crippen LogP contribution in [0.2, 0.25) is 0 Å². The van der Waals surface area contributed by atoms with Gasteiger partial charge in [-0.3, -0.25) is 0 Å². The summed E-state index contributed by atoms with van der Waals surface area (Å²) in [5, 5.41) is 1.83. The Labute approximate surface area is 110 Å². The van der Waals surface area contributed by atoms with Gasteiger partial charge in [0.2, 0.25) is 0 Å². The van der Waals surface area contributed by atoms with Crippen LogP contribution in [-0.2, 0) is 4.74 Å². The highest BCUT2D eigenvalue weighted by Gasteiger charge is 2.20. The summed E-state index contributed by atoms with van der Waals surface area (Å²) in [7, 11) is 1.94. The maximum atomic E-state index is 5.85. The molecule has 0 saturated carbocycles. The Morgan fingerprint density at radius 2 is 2.17 bits per heavy atom. The van der Waals surface area contributed by atoms with Crippen molar-refractivity contribution in [1.82, 2.24) is 5.06 Å². The lowest BCUT2D eigenvalue weighted by Crippen LogP contribution is -2.38. The van der Waals surface area contributed by atoms with E-state index >= 15 is 0 Å². The molecule has 1 fully saturated rings. The summed E-state index contributed by atoms with van der Waals surface area (Å²) >= 11 is 0. The first-order valence-corrected chi connectivity index (χ1v) is 6.79. The summed E-state index contributed by atoms with van der Waals surface area (Å²) in [4.78, 5) is 5.85. The van der Waals surface area contributed by atoms with E-state index in [2.05, 4.69) is 26.0 Å². The summed E-state index contributed by atoms with van der Waals surface area (Å²) in [6, 6.07) is 8.27. The molecule has 0 spiro atoms. The van der Waals surface area contributed by atoms with Gasteiger partial charge in [-0.15, -0.1) is 5.06 Å². The van der Waals surface area contributed by atoms with E-state index in [4.69, 9.17) is 9.57 Å². The molecule has 0 radical (unpaired) electrons. The lowest BCUT2D eigenvalue weighted by molar-refractivity contribution is -0.192. The summed E-state index contributed by atoms with van der Waals surface area (Å²) in [5.74, 6) is 1.41. The zero-order chi connectivity index (χ0) is 13.0. The molecule has 1 aromatic carbocycles. The Morgan fingerprint density at radius 1 is 1.33 bits per heavy atom. The van der Waals surface area contributed by atoms with Gasteiger partial charge in [0.25, 0.3) is 0 Å². The van der Waals surface area contributed by atoms with Crippen LogP contribution in [0.4, 0.5) is 0 Å². The largest absolute Gasteiger partial charge is 0.404 e. The van der Waals surface area contributed by atoms with Crippen molar-refractivity contribution in [3.05, 3.63) is 29.8 Å². The first-order valence-electron chi connectivity index (χ1n) is 6.79. The van der Waals surface area contributed by atoms with E-state index in [1.807, 2.05) is 24.2 Å². The number of benzene rings is 1. The van der Waals surface area contributed by atoms with Gasteiger partial charge in [0, 0.05) is 13.7 Å². The van der Waals surface area contributed by atoms with Crippen LogP contribution in [0, 0.1) is 0 Å².